The smallest absolute Gasteiger partial charge is 0.0481 e. The molecule has 0 aromatic carbocycles. The average molecular weight is 633 g/mol. The molecular weight excluding hydrogens is 560 g/mol. The van der Waals surface area contributed by atoms with Crippen LogP contribution in [0.25, 0.3) is 0 Å². The highest BCUT2D eigenvalue weighted by Crippen LogP contribution is 2.58. The van der Waals surface area contributed by atoms with Gasteiger partial charge < -0.3 is 30.4 Å². The lowest BCUT2D eigenvalue weighted by Crippen LogP contribution is -2.70. The molecule has 6 nitrogen and oxygen atoms in total. The second-order valence-corrected chi connectivity index (χ2v) is 15.8. The summed E-state index contributed by atoms with van der Waals surface area (Å²) in [5.74, 6) is -2.45. The van der Waals surface area contributed by atoms with Gasteiger partial charge >= 0.3 is 0 Å². The van der Waals surface area contributed by atoms with Crippen LogP contribution < -0.4 is 20.8 Å². The van der Waals surface area contributed by atoms with Crippen LogP contribution >= 0.6 is 0 Å². The van der Waals surface area contributed by atoms with E-state index in [0.717, 1.165) is 128 Å². The minimum atomic E-state index is -1.22. The van der Waals surface area contributed by atoms with Gasteiger partial charge in [0.1, 0.15) is 0 Å². The highest BCUT2D eigenvalue weighted by molar-refractivity contribution is 5.75. The Morgan fingerprint density at radius 3 is 0.956 bits per heavy atom. The van der Waals surface area contributed by atoms with Gasteiger partial charge in [-0.05, 0) is 102 Å². The molecule has 2 aliphatic heterocycles. The fourth-order valence-corrected chi connectivity index (χ4v) is 11.2. The largest absolute Gasteiger partial charge is 0.550 e. The lowest BCUT2D eigenvalue weighted by Gasteiger charge is -2.63. The molecule has 2 rings (SSSR count). The normalized spacial score (nSPS) is 21.5. The number of piperidine rings is 2. The summed E-state index contributed by atoms with van der Waals surface area (Å²) in [6, 6.07) is 0. The van der Waals surface area contributed by atoms with Crippen molar-refractivity contribution in [1.82, 2.24) is 10.6 Å². The van der Waals surface area contributed by atoms with E-state index in [1.165, 1.54) is 0 Å². The number of rotatable bonds is 22. The van der Waals surface area contributed by atoms with Gasteiger partial charge in [0.15, 0.2) is 0 Å². The Hall–Kier alpha value is -1.14. The van der Waals surface area contributed by atoms with Gasteiger partial charge in [0.05, 0.1) is 0 Å². The van der Waals surface area contributed by atoms with Crippen LogP contribution in [0.4, 0.5) is 0 Å². The average Bonchev–Trinajstić information content (AvgIpc) is 2.94. The van der Waals surface area contributed by atoms with Crippen LogP contribution in [0.5, 0.6) is 0 Å². The van der Waals surface area contributed by atoms with Crippen LogP contribution in [0.1, 0.15) is 197 Å². The van der Waals surface area contributed by atoms with Crippen LogP contribution in [0.2, 0.25) is 0 Å². The lowest BCUT2D eigenvalue weighted by molar-refractivity contribution is -0.330. The monoisotopic (exact) mass is 633 g/mol. The number of aliphatic carboxylic acids is 2. The number of hydrogen-bond acceptors (Lipinski definition) is 6. The highest BCUT2D eigenvalue weighted by Gasteiger charge is 2.59. The number of carbonyl (C=O) groups is 2. The molecule has 0 amide bonds. The minimum Gasteiger partial charge on any atom is -0.550 e. The van der Waals surface area contributed by atoms with Gasteiger partial charge in [0, 0.05) is 39.5 Å². The molecule has 0 aromatic rings. The molecule has 0 unspecified atom stereocenters. The van der Waals surface area contributed by atoms with E-state index >= 15 is 0 Å². The Balaban J connectivity index is 2.93. The molecule has 0 aliphatic carbocycles. The standard InChI is InChI=1S/C39H74N2O4/c1-9-18-35(19-10-2)27-31(28-36(40-35,20-11-3)21-12-4)39(34(44)45,26-17-33(42)43)32-29-37(22-13-5,23-14-6)41-38(30-32,24-15-7)25-16-8/h31-32,40-41H,9-30H2,1-8H3,(H,42,43)(H,44,45)/p-2. The summed E-state index contributed by atoms with van der Waals surface area (Å²) in [6.07, 6.45) is 19.3. The van der Waals surface area contributed by atoms with Crippen molar-refractivity contribution in [2.75, 3.05) is 0 Å². The maximum absolute atomic E-state index is 14.2. The fraction of sp³-hybridized carbons (Fsp3) is 0.949. The Bertz CT molecular complexity index is 775. The molecule has 0 bridgehead atoms. The Labute approximate surface area is 278 Å². The molecule has 264 valence electrons. The molecule has 45 heavy (non-hydrogen) atoms. The van der Waals surface area contributed by atoms with Crippen LogP contribution in [-0.4, -0.2) is 34.1 Å². The number of hydrogen-bond donors (Lipinski definition) is 2. The summed E-state index contributed by atoms with van der Waals surface area (Å²) in [5, 5.41) is 34.9. The van der Waals surface area contributed by atoms with E-state index in [-0.39, 0.29) is 46.8 Å². The quantitative estimate of drug-likeness (QED) is 0.127. The maximum Gasteiger partial charge on any atom is 0.0481 e. The van der Waals surface area contributed by atoms with E-state index in [9.17, 15) is 19.8 Å². The maximum atomic E-state index is 14.2. The van der Waals surface area contributed by atoms with E-state index in [0.29, 0.717) is 0 Å². The molecule has 0 atom stereocenters. The zero-order chi connectivity index (χ0) is 33.8. The third kappa shape index (κ3) is 9.48. The predicted molar refractivity (Wildman–Crippen MR) is 184 cm³/mol. The zero-order valence-corrected chi connectivity index (χ0v) is 30.8. The zero-order valence-electron chi connectivity index (χ0n) is 30.8. The molecule has 0 aromatic heterocycles. The molecule has 2 aliphatic rings. The predicted octanol–water partition coefficient (Wildman–Crippen LogP) is 7.61. The third-order valence-electron chi connectivity index (χ3n) is 12.0. The van der Waals surface area contributed by atoms with E-state index in [2.05, 4.69) is 66.0 Å². The number of nitrogens with one attached hydrogen (secondary N) is 2. The lowest BCUT2D eigenvalue weighted by atomic mass is 9.50. The molecule has 0 saturated carbocycles. The molecule has 0 spiro atoms. The van der Waals surface area contributed by atoms with Crippen molar-refractivity contribution in [1.29, 1.82) is 0 Å². The first-order valence-corrected chi connectivity index (χ1v) is 19.4. The van der Waals surface area contributed by atoms with Gasteiger partial charge in [-0.1, -0.05) is 107 Å². The summed E-state index contributed by atoms with van der Waals surface area (Å²) >= 11 is 0. The van der Waals surface area contributed by atoms with Crippen molar-refractivity contribution in [3.63, 3.8) is 0 Å². The molecular formula is C39H72N2O4-2. The number of carboxylic acids is 2. The van der Waals surface area contributed by atoms with Crippen LogP contribution in [0, 0.1) is 17.3 Å². The van der Waals surface area contributed by atoms with Gasteiger partial charge in [-0.3, -0.25) is 0 Å². The molecule has 0 radical (unpaired) electrons. The van der Waals surface area contributed by atoms with E-state index in [4.69, 9.17) is 0 Å². The second kappa shape index (κ2) is 17.9. The molecule has 2 saturated heterocycles. The van der Waals surface area contributed by atoms with Crippen LogP contribution in [0.3, 0.4) is 0 Å². The second-order valence-electron chi connectivity index (χ2n) is 15.8. The highest BCUT2D eigenvalue weighted by atomic mass is 16.4. The summed E-state index contributed by atoms with van der Waals surface area (Å²) in [4.78, 5) is 26.4. The molecule has 2 heterocycles. The summed E-state index contributed by atoms with van der Waals surface area (Å²) in [5.41, 5.74) is -1.83. The minimum absolute atomic E-state index is 0.109. The fourth-order valence-electron chi connectivity index (χ4n) is 11.2. The van der Waals surface area contributed by atoms with Gasteiger partial charge in [0.2, 0.25) is 0 Å². The van der Waals surface area contributed by atoms with Gasteiger partial charge in [-0.15, -0.1) is 0 Å². The van der Waals surface area contributed by atoms with Crippen molar-refractivity contribution in [2.45, 2.75) is 219 Å². The summed E-state index contributed by atoms with van der Waals surface area (Å²) < 4.78 is 0. The first kappa shape index (κ1) is 40.0. The van der Waals surface area contributed by atoms with Crippen molar-refractivity contribution >= 4 is 11.9 Å². The third-order valence-corrected chi connectivity index (χ3v) is 12.0. The Morgan fingerprint density at radius 1 is 0.533 bits per heavy atom. The Kier molecular flexibility index (Phi) is 15.9. The summed E-state index contributed by atoms with van der Waals surface area (Å²) in [6.45, 7) is 17.9. The van der Waals surface area contributed by atoms with Crippen LogP contribution in [0.15, 0.2) is 0 Å². The van der Waals surface area contributed by atoms with Crippen molar-refractivity contribution < 1.29 is 19.8 Å². The topological polar surface area (TPSA) is 104 Å². The number of carbonyl (C=O) groups excluding carboxylic acids is 2. The SMILES string of the molecule is CCCC1(CCC)CC(C(CCC(=O)[O-])(C(=O)[O-])C2CC(CCC)(CCC)NC(CCC)(CCC)C2)CC(CCC)(CCC)N1. The van der Waals surface area contributed by atoms with Gasteiger partial charge in [0.25, 0.3) is 0 Å². The molecule has 2 fully saturated rings. The van der Waals surface area contributed by atoms with Crippen molar-refractivity contribution in [2.24, 2.45) is 17.3 Å². The molecule has 6 heteroatoms. The van der Waals surface area contributed by atoms with E-state index in [1.54, 1.807) is 0 Å². The van der Waals surface area contributed by atoms with Gasteiger partial charge in [-0.25, -0.2) is 0 Å². The van der Waals surface area contributed by atoms with Gasteiger partial charge in [-0.2, -0.15) is 0 Å². The summed E-state index contributed by atoms with van der Waals surface area (Å²) in [7, 11) is 0. The first-order chi connectivity index (χ1) is 21.4. The van der Waals surface area contributed by atoms with Crippen molar-refractivity contribution in [3.05, 3.63) is 0 Å². The first-order valence-electron chi connectivity index (χ1n) is 19.4. The van der Waals surface area contributed by atoms with E-state index < -0.39 is 17.4 Å². The number of carboxylic acid groups (broad SMARTS) is 2. The molecule has 2 N–H and O–H groups in total. The van der Waals surface area contributed by atoms with Crippen molar-refractivity contribution in [3.8, 4) is 0 Å². The Morgan fingerprint density at radius 2 is 0.778 bits per heavy atom. The van der Waals surface area contributed by atoms with E-state index in [1.807, 2.05) is 0 Å². The van der Waals surface area contributed by atoms with Crippen LogP contribution in [-0.2, 0) is 9.59 Å².